The Morgan fingerprint density at radius 2 is 1.77 bits per heavy atom. The van der Waals surface area contributed by atoms with Crippen molar-refractivity contribution in [2.24, 2.45) is 11.7 Å². The third-order valence-electron chi connectivity index (χ3n) is 1.76. The van der Waals surface area contributed by atoms with Gasteiger partial charge in [0.05, 0.1) is 0 Å². The molecule has 0 aromatic rings. The van der Waals surface area contributed by atoms with E-state index in [1.165, 1.54) is 0 Å². The molecule has 5 heteroatoms. The molecule has 78 valence electrons. The van der Waals surface area contributed by atoms with E-state index in [4.69, 9.17) is 5.73 Å². The van der Waals surface area contributed by atoms with E-state index in [9.17, 15) is 18.0 Å². The molecule has 0 aliphatic rings. The van der Waals surface area contributed by atoms with Gasteiger partial charge in [-0.25, -0.2) is 0 Å². The lowest BCUT2D eigenvalue weighted by Gasteiger charge is -2.26. The number of Topliss-reactive ketones (excluding diaryl/α,β-unsaturated/α-hetero) is 1. The Kier molecular flexibility index (Phi) is 3.49. The number of carbonyl (C=O) groups is 1. The maximum Gasteiger partial charge on any atom is 0.413 e. The second kappa shape index (κ2) is 3.65. The maximum absolute atomic E-state index is 12.2. The lowest BCUT2D eigenvalue weighted by molar-refractivity contribution is -0.186. The zero-order valence-corrected chi connectivity index (χ0v) is 7.90. The van der Waals surface area contributed by atoms with E-state index in [1.807, 2.05) is 0 Å². The van der Waals surface area contributed by atoms with E-state index in [2.05, 4.69) is 0 Å². The second-order valence-corrected chi connectivity index (χ2v) is 3.72. The summed E-state index contributed by atoms with van der Waals surface area (Å²) < 4.78 is 36.6. The van der Waals surface area contributed by atoms with Crippen LogP contribution in [0.25, 0.3) is 0 Å². The predicted molar refractivity (Wildman–Crippen MR) is 43.1 cm³/mol. The molecule has 0 aromatic carbocycles. The van der Waals surface area contributed by atoms with Crippen molar-refractivity contribution in [1.82, 2.24) is 0 Å². The molecule has 0 saturated carbocycles. The van der Waals surface area contributed by atoms with Gasteiger partial charge in [0.15, 0.2) is 11.3 Å². The summed E-state index contributed by atoms with van der Waals surface area (Å²) in [6.45, 7) is 4.05. The molecule has 0 spiro atoms. The van der Waals surface area contributed by atoms with Crippen molar-refractivity contribution in [3.63, 3.8) is 0 Å². The van der Waals surface area contributed by atoms with Gasteiger partial charge in [-0.1, -0.05) is 13.8 Å². The summed E-state index contributed by atoms with van der Waals surface area (Å²) in [5, 5.41) is 0. The van der Waals surface area contributed by atoms with Crippen LogP contribution in [0.2, 0.25) is 0 Å². The third kappa shape index (κ3) is 2.99. The van der Waals surface area contributed by atoms with Crippen LogP contribution in [0.5, 0.6) is 0 Å². The van der Waals surface area contributed by atoms with Gasteiger partial charge in [0.2, 0.25) is 0 Å². The summed E-state index contributed by atoms with van der Waals surface area (Å²) >= 11 is 0. The monoisotopic (exact) mass is 197 g/mol. The molecule has 13 heavy (non-hydrogen) atoms. The minimum atomic E-state index is -4.67. The molecule has 0 rings (SSSR count). The molecule has 0 fully saturated rings. The molecule has 0 radical (unpaired) electrons. The number of hydrogen-bond acceptors (Lipinski definition) is 2. The van der Waals surface area contributed by atoms with Crippen molar-refractivity contribution in [2.45, 2.75) is 38.9 Å². The number of carbonyl (C=O) groups excluding carboxylic acids is 1. The van der Waals surface area contributed by atoms with Gasteiger partial charge >= 0.3 is 6.18 Å². The van der Waals surface area contributed by atoms with Gasteiger partial charge < -0.3 is 5.73 Å². The maximum atomic E-state index is 12.2. The molecule has 0 heterocycles. The van der Waals surface area contributed by atoms with Crippen LogP contribution in [0.1, 0.15) is 27.2 Å². The minimum Gasteiger partial charge on any atom is -0.312 e. The van der Waals surface area contributed by atoms with Crippen molar-refractivity contribution >= 4 is 5.78 Å². The average Bonchev–Trinajstić information content (AvgIpc) is 1.82. The first-order valence-electron chi connectivity index (χ1n) is 3.98. The number of halogens is 3. The Morgan fingerprint density at radius 3 is 2.00 bits per heavy atom. The largest absolute Gasteiger partial charge is 0.413 e. The van der Waals surface area contributed by atoms with Gasteiger partial charge in [-0.2, -0.15) is 13.2 Å². The van der Waals surface area contributed by atoms with Crippen molar-refractivity contribution < 1.29 is 18.0 Å². The molecule has 0 aliphatic carbocycles. The Balaban J connectivity index is 4.56. The van der Waals surface area contributed by atoms with Crippen LogP contribution in [0.4, 0.5) is 13.2 Å². The molecule has 1 atom stereocenters. The highest BCUT2D eigenvalue weighted by Crippen LogP contribution is 2.30. The Labute approximate surface area is 75.3 Å². The van der Waals surface area contributed by atoms with Crippen LogP contribution >= 0.6 is 0 Å². The quantitative estimate of drug-likeness (QED) is 0.750. The molecular weight excluding hydrogens is 183 g/mol. The number of nitrogens with two attached hydrogens (primary N) is 1. The van der Waals surface area contributed by atoms with E-state index in [0.717, 1.165) is 0 Å². The summed E-state index contributed by atoms with van der Waals surface area (Å²) in [5.41, 5.74) is 2.20. The van der Waals surface area contributed by atoms with Crippen LogP contribution in [0, 0.1) is 5.92 Å². The van der Waals surface area contributed by atoms with Gasteiger partial charge in [0.1, 0.15) is 0 Å². The molecule has 2 N–H and O–H groups in total. The lowest BCUT2D eigenvalue weighted by atomic mass is 9.91. The van der Waals surface area contributed by atoms with Crippen LogP contribution in [0.3, 0.4) is 0 Å². The molecule has 0 amide bonds. The van der Waals surface area contributed by atoms with Gasteiger partial charge in [0, 0.05) is 6.42 Å². The normalized spacial score (nSPS) is 17.2. The fraction of sp³-hybridized carbons (Fsp3) is 0.875. The lowest BCUT2D eigenvalue weighted by Crippen LogP contribution is -2.57. The van der Waals surface area contributed by atoms with E-state index >= 15 is 0 Å². The molecule has 0 bridgehead atoms. The minimum absolute atomic E-state index is 0.113. The first-order valence-corrected chi connectivity index (χ1v) is 3.98. The van der Waals surface area contributed by atoms with E-state index in [-0.39, 0.29) is 12.3 Å². The highest BCUT2D eigenvalue weighted by Gasteiger charge is 2.53. The summed E-state index contributed by atoms with van der Waals surface area (Å²) in [6, 6.07) is 0. The highest BCUT2D eigenvalue weighted by atomic mass is 19.4. The Bertz CT molecular complexity index is 196. The fourth-order valence-electron chi connectivity index (χ4n) is 0.741. The molecule has 0 aliphatic heterocycles. The molecule has 1 unspecified atom stereocenters. The first kappa shape index (κ1) is 12.4. The van der Waals surface area contributed by atoms with Gasteiger partial charge in [-0.15, -0.1) is 0 Å². The summed E-state index contributed by atoms with van der Waals surface area (Å²) in [4.78, 5) is 11.1. The van der Waals surface area contributed by atoms with Gasteiger partial charge in [-0.05, 0) is 12.8 Å². The standard InChI is InChI=1S/C8H14F3NO/c1-5(2)4-6(13)7(3,12)8(9,10)11/h5H,4,12H2,1-3H3. The van der Waals surface area contributed by atoms with E-state index in [1.54, 1.807) is 13.8 Å². The van der Waals surface area contributed by atoms with Crippen molar-refractivity contribution in [3.05, 3.63) is 0 Å². The van der Waals surface area contributed by atoms with Gasteiger partial charge in [0.25, 0.3) is 0 Å². The molecule has 2 nitrogen and oxygen atoms in total. The zero-order valence-electron chi connectivity index (χ0n) is 7.90. The zero-order chi connectivity index (χ0) is 10.9. The predicted octanol–water partition coefficient (Wildman–Crippen LogP) is 1.88. The van der Waals surface area contributed by atoms with Crippen LogP contribution in [-0.4, -0.2) is 17.5 Å². The average molecular weight is 197 g/mol. The third-order valence-corrected chi connectivity index (χ3v) is 1.76. The molecule has 0 aromatic heterocycles. The smallest absolute Gasteiger partial charge is 0.312 e. The summed E-state index contributed by atoms with van der Waals surface area (Å²) in [7, 11) is 0. The number of alkyl halides is 3. The van der Waals surface area contributed by atoms with Crippen LogP contribution in [0.15, 0.2) is 0 Å². The van der Waals surface area contributed by atoms with Crippen molar-refractivity contribution in [2.75, 3.05) is 0 Å². The summed E-state index contributed by atoms with van der Waals surface area (Å²) in [5.74, 6) is -1.08. The first-order chi connectivity index (χ1) is 5.59. The highest BCUT2D eigenvalue weighted by molar-refractivity contribution is 5.88. The molecular formula is C8H14F3NO. The number of rotatable bonds is 3. The SMILES string of the molecule is CC(C)CC(=O)C(C)(N)C(F)(F)F. The fourth-order valence-corrected chi connectivity index (χ4v) is 0.741. The molecule has 0 saturated heterocycles. The number of ketones is 1. The van der Waals surface area contributed by atoms with Crippen LogP contribution < -0.4 is 5.73 Å². The van der Waals surface area contributed by atoms with Gasteiger partial charge in [-0.3, -0.25) is 4.79 Å². The van der Waals surface area contributed by atoms with Crippen molar-refractivity contribution in [1.29, 1.82) is 0 Å². The number of hydrogen-bond donors (Lipinski definition) is 1. The van der Waals surface area contributed by atoms with E-state index < -0.39 is 17.5 Å². The summed E-state index contributed by atoms with van der Waals surface area (Å²) in [6.07, 6.45) is -4.81. The van der Waals surface area contributed by atoms with E-state index in [0.29, 0.717) is 6.92 Å². The topological polar surface area (TPSA) is 43.1 Å². The Morgan fingerprint density at radius 1 is 1.38 bits per heavy atom. The Hall–Kier alpha value is -0.580. The van der Waals surface area contributed by atoms with Crippen LogP contribution in [-0.2, 0) is 4.79 Å². The van der Waals surface area contributed by atoms with Crippen molar-refractivity contribution in [3.8, 4) is 0 Å². The second-order valence-electron chi connectivity index (χ2n) is 3.72.